The zero-order valence-electron chi connectivity index (χ0n) is 4.31. The maximum Gasteiger partial charge on any atom is 0.0624 e. The van der Waals surface area contributed by atoms with E-state index in [1.54, 1.807) is 13.0 Å². The van der Waals surface area contributed by atoms with Crippen LogP contribution in [0, 0.1) is 12.3 Å². The van der Waals surface area contributed by atoms with Crippen LogP contribution in [0.2, 0.25) is 0 Å². The largest absolute Gasteiger partial charge is 0.392 e. The van der Waals surface area contributed by atoms with Crippen LogP contribution in [-0.2, 0) is 0 Å². The average Bonchev–Trinajstić information content (AvgIpc) is 1.68. The fourth-order valence-electron chi connectivity index (χ4n) is 0.196. The molecule has 0 aliphatic rings. The minimum Gasteiger partial charge on any atom is -0.392 e. The van der Waals surface area contributed by atoms with Crippen molar-refractivity contribution in [3.63, 3.8) is 0 Å². The summed E-state index contributed by atoms with van der Waals surface area (Å²) in [4.78, 5) is 0. The molecular weight excluding hydrogens is 92.0 g/mol. The third-order valence-electron chi connectivity index (χ3n) is 0.625. The van der Waals surface area contributed by atoms with Crippen LogP contribution in [0.3, 0.4) is 0 Å². The summed E-state index contributed by atoms with van der Waals surface area (Å²) in [6.07, 6.45) is 6.51. The van der Waals surface area contributed by atoms with Gasteiger partial charge in [0, 0.05) is 0 Å². The summed E-state index contributed by atoms with van der Waals surface area (Å²) in [6, 6.07) is 0. The van der Waals surface area contributed by atoms with Crippen molar-refractivity contribution in [1.29, 1.82) is 0 Å². The Labute approximate surface area is 43.7 Å². The number of hydrogen-bond donors (Lipinski definition) is 1. The molecule has 0 rings (SSSR count). The van der Waals surface area contributed by atoms with E-state index < -0.39 is 0 Å². The number of terminal acetylenes is 1. The topological polar surface area (TPSA) is 20.2 Å². The van der Waals surface area contributed by atoms with Crippen molar-refractivity contribution < 1.29 is 5.11 Å². The molecule has 0 spiro atoms. The van der Waals surface area contributed by atoms with Crippen molar-refractivity contribution in [2.75, 3.05) is 6.61 Å². The minimum absolute atomic E-state index is 0.0377. The molecule has 0 unspecified atom stereocenters. The summed E-state index contributed by atoms with van der Waals surface area (Å²) in [6.45, 7) is 1.81. The molecule has 0 aliphatic carbocycles. The Bertz CT molecular complexity index is 106. The summed E-state index contributed by atoms with van der Waals surface area (Å²) >= 11 is 0. The second-order valence-corrected chi connectivity index (χ2v) is 1.21. The highest BCUT2D eigenvalue weighted by Crippen LogP contribution is 1.84. The van der Waals surface area contributed by atoms with Crippen LogP contribution in [0.5, 0.6) is 0 Å². The summed E-state index contributed by atoms with van der Waals surface area (Å²) in [7, 11) is 0. The summed E-state index contributed by atoms with van der Waals surface area (Å²) in [5.41, 5.74) is 0.780. The highest BCUT2D eigenvalue weighted by atomic mass is 16.3. The zero-order valence-corrected chi connectivity index (χ0v) is 4.31. The molecule has 0 radical (unpaired) electrons. The van der Waals surface area contributed by atoms with Crippen LogP contribution >= 0.6 is 0 Å². The van der Waals surface area contributed by atoms with E-state index in [1.807, 2.05) is 0 Å². The Morgan fingerprint density at radius 2 is 2.57 bits per heavy atom. The molecule has 0 fully saturated rings. The lowest BCUT2D eigenvalue weighted by molar-refractivity contribution is 0.342. The fourth-order valence-corrected chi connectivity index (χ4v) is 0.196. The Morgan fingerprint density at radius 3 is 2.71 bits per heavy atom. The van der Waals surface area contributed by atoms with Crippen LogP contribution in [0.25, 0.3) is 0 Å². The summed E-state index contributed by atoms with van der Waals surface area (Å²) in [5, 5.41) is 8.20. The third-order valence-corrected chi connectivity index (χ3v) is 0.625. The van der Waals surface area contributed by atoms with Gasteiger partial charge in [-0.2, -0.15) is 0 Å². The van der Waals surface area contributed by atoms with Crippen molar-refractivity contribution in [1.82, 2.24) is 0 Å². The van der Waals surface area contributed by atoms with Gasteiger partial charge in [0.15, 0.2) is 0 Å². The lowest BCUT2D eigenvalue weighted by Crippen LogP contribution is -1.73. The van der Waals surface area contributed by atoms with Crippen LogP contribution in [0.4, 0.5) is 0 Å². The molecule has 0 bridgehead atoms. The SMILES string of the molecule is C#C/[13C]([13CH3])=[13CH]/[13CH2]O. The first-order valence-electron chi connectivity index (χ1n) is 2.05. The van der Waals surface area contributed by atoms with Gasteiger partial charge < -0.3 is 5.11 Å². The maximum absolute atomic E-state index is 8.20. The van der Waals surface area contributed by atoms with Crippen molar-refractivity contribution in [3.05, 3.63) is 11.6 Å². The monoisotopic (exact) mass is 100 g/mol. The molecule has 0 atom stereocenters. The molecule has 0 amide bonds. The van der Waals surface area contributed by atoms with Crippen molar-refractivity contribution in [2.24, 2.45) is 0 Å². The van der Waals surface area contributed by atoms with Gasteiger partial charge in [0.05, 0.1) is 6.61 Å². The standard InChI is InChI=1S/C6H8O/c1-3-6(2)4-5-7/h1,4,7H,5H2,2H3/b6-4+/i2+1,4+1,5+1,6+1. The molecule has 1 nitrogen and oxygen atoms in total. The number of aliphatic hydroxyl groups is 1. The number of aliphatic hydroxyl groups excluding tert-OH is 1. The lowest BCUT2D eigenvalue weighted by atomic mass is 10.9. The highest BCUT2D eigenvalue weighted by Gasteiger charge is 1.73. The molecule has 0 saturated carbocycles. The van der Waals surface area contributed by atoms with E-state index in [-0.39, 0.29) is 6.61 Å². The predicted molar refractivity (Wildman–Crippen MR) is 29.7 cm³/mol. The van der Waals surface area contributed by atoms with Crippen molar-refractivity contribution in [3.8, 4) is 12.3 Å². The van der Waals surface area contributed by atoms with Crippen LogP contribution in [-0.4, -0.2) is 11.7 Å². The number of allylic oxidation sites excluding steroid dienone is 1. The van der Waals surface area contributed by atoms with Crippen LogP contribution < -0.4 is 0 Å². The number of rotatable bonds is 1. The van der Waals surface area contributed by atoms with Crippen LogP contribution in [0.1, 0.15) is 6.92 Å². The van der Waals surface area contributed by atoms with Gasteiger partial charge in [-0.05, 0) is 18.6 Å². The first-order valence-corrected chi connectivity index (χ1v) is 2.05. The van der Waals surface area contributed by atoms with Gasteiger partial charge >= 0.3 is 0 Å². The Balaban J connectivity index is 3.57. The molecular formula is C6H8O. The lowest BCUT2D eigenvalue weighted by Gasteiger charge is -1.80. The Kier molecular flexibility index (Phi) is 3.09. The minimum atomic E-state index is 0.0377. The van der Waals surface area contributed by atoms with Gasteiger partial charge in [-0.3, -0.25) is 0 Å². The molecule has 1 heteroatoms. The van der Waals surface area contributed by atoms with E-state index in [4.69, 9.17) is 11.5 Å². The van der Waals surface area contributed by atoms with Gasteiger partial charge in [-0.1, -0.05) is 5.92 Å². The second kappa shape index (κ2) is 3.45. The third kappa shape index (κ3) is 3.08. The summed E-state index contributed by atoms with van der Waals surface area (Å²) < 4.78 is 0. The zero-order chi connectivity index (χ0) is 5.70. The van der Waals surface area contributed by atoms with Crippen molar-refractivity contribution in [2.45, 2.75) is 6.92 Å². The molecule has 38 valence electrons. The molecule has 7 heavy (non-hydrogen) atoms. The Morgan fingerprint density at radius 1 is 2.00 bits per heavy atom. The normalized spacial score (nSPS) is 10.7. The smallest absolute Gasteiger partial charge is 0.0624 e. The molecule has 0 aromatic heterocycles. The highest BCUT2D eigenvalue weighted by molar-refractivity contribution is 5.22. The van der Waals surface area contributed by atoms with E-state index in [2.05, 4.69) is 5.92 Å². The average molecular weight is 100 g/mol. The summed E-state index contributed by atoms with van der Waals surface area (Å²) in [5.74, 6) is 2.37. The Hall–Kier alpha value is -0.740. The van der Waals surface area contributed by atoms with Crippen LogP contribution in [0.15, 0.2) is 11.6 Å². The maximum atomic E-state index is 8.20. The molecule has 0 saturated heterocycles. The van der Waals surface area contributed by atoms with Gasteiger partial charge in [0.25, 0.3) is 0 Å². The van der Waals surface area contributed by atoms with E-state index in [9.17, 15) is 0 Å². The molecule has 0 aromatic rings. The number of hydrogen-bond acceptors (Lipinski definition) is 1. The van der Waals surface area contributed by atoms with Gasteiger partial charge in [0.2, 0.25) is 0 Å². The molecule has 0 heterocycles. The first kappa shape index (κ1) is 6.26. The second-order valence-electron chi connectivity index (χ2n) is 1.21. The van der Waals surface area contributed by atoms with Crippen molar-refractivity contribution >= 4 is 0 Å². The van der Waals surface area contributed by atoms with Gasteiger partial charge in [-0.15, -0.1) is 6.42 Å². The van der Waals surface area contributed by atoms with E-state index in [0.29, 0.717) is 0 Å². The first-order chi connectivity index (χ1) is 3.31. The van der Waals surface area contributed by atoms with Gasteiger partial charge in [0.1, 0.15) is 0 Å². The van der Waals surface area contributed by atoms with E-state index in [1.165, 1.54) is 0 Å². The van der Waals surface area contributed by atoms with E-state index >= 15 is 0 Å². The molecule has 1 N–H and O–H groups in total. The quantitative estimate of drug-likeness (QED) is 0.377. The fraction of sp³-hybridized carbons (Fsp3) is 0.333. The molecule has 0 aromatic carbocycles. The predicted octanol–water partition coefficient (Wildman–Crippen LogP) is 0.558. The molecule has 0 aliphatic heterocycles. The van der Waals surface area contributed by atoms with Gasteiger partial charge in [-0.25, -0.2) is 0 Å². The van der Waals surface area contributed by atoms with E-state index in [0.717, 1.165) is 5.57 Å².